The van der Waals surface area contributed by atoms with E-state index in [2.05, 4.69) is 0 Å². The number of benzene rings is 1. The van der Waals surface area contributed by atoms with Gasteiger partial charge in [-0.25, -0.2) is 0 Å². The third kappa shape index (κ3) is 3.84. The Morgan fingerprint density at radius 2 is 2.00 bits per heavy atom. The Labute approximate surface area is 95.3 Å². The molecule has 0 fully saturated rings. The van der Waals surface area contributed by atoms with Crippen LogP contribution >= 0.6 is 0 Å². The molecule has 1 rings (SSSR count). The average Bonchev–Trinajstić information content (AvgIpc) is 2.34. The first-order chi connectivity index (χ1) is 7.77. The molecule has 3 heteroatoms. The monoisotopic (exact) mass is 217 g/mol. The molecule has 0 aliphatic rings. The van der Waals surface area contributed by atoms with Gasteiger partial charge in [-0.15, -0.1) is 0 Å². The normalized spacial score (nSPS) is 11.8. The number of unbranched alkanes of at least 4 members (excludes halogenated alkanes) is 2. The minimum atomic E-state index is -0.501. The van der Waals surface area contributed by atoms with Crippen LogP contribution in [0.1, 0.15) is 42.9 Å². The van der Waals surface area contributed by atoms with E-state index in [1.807, 2.05) is 6.07 Å². The first-order valence-electron chi connectivity index (χ1n) is 5.39. The molecule has 1 N–H and O–H groups in total. The number of aliphatic hydroxyl groups is 1. The van der Waals surface area contributed by atoms with Crippen LogP contribution in [0.4, 0.5) is 0 Å². The van der Waals surface area contributed by atoms with E-state index in [-0.39, 0.29) is 0 Å². The van der Waals surface area contributed by atoms with Crippen molar-refractivity contribution in [1.29, 1.82) is 5.26 Å². The van der Waals surface area contributed by atoms with Gasteiger partial charge >= 0.3 is 0 Å². The van der Waals surface area contributed by atoms with Crippen LogP contribution in [0.2, 0.25) is 0 Å². The molecule has 0 heterocycles. The Kier molecular flexibility index (Phi) is 5.24. The molecule has 1 unspecified atom stereocenters. The Morgan fingerprint density at radius 3 is 2.56 bits per heavy atom. The maximum atomic E-state index is 10.1. The lowest BCUT2D eigenvalue weighted by Gasteiger charge is -2.10. The molecule has 1 aromatic carbocycles. The second-order valence-electron chi connectivity index (χ2n) is 3.70. The van der Waals surface area contributed by atoms with E-state index in [0.717, 1.165) is 24.7 Å². The Bertz CT molecular complexity index is 365. The highest BCUT2D eigenvalue weighted by Crippen LogP contribution is 2.19. The Hall–Kier alpha value is -1.66. The lowest BCUT2D eigenvalue weighted by molar-refractivity contribution is -0.107. The lowest BCUT2D eigenvalue weighted by atomic mass is 10.0. The summed E-state index contributed by atoms with van der Waals surface area (Å²) in [5.41, 5.74) is 1.42. The largest absolute Gasteiger partial charge is 0.388 e. The minimum absolute atomic E-state index is 0.501. The number of hydrogen-bond donors (Lipinski definition) is 1. The van der Waals surface area contributed by atoms with Crippen LogP contribution in [0.5, 0.6) is 0 Å². The van der Waals surface area contributed by atoms with Crippen molar-refractivity contribution < 1.29 is 9.90 Å². The zero-order valence-corrected chi connectivity index (χ0v) is 9.10. The first-order valence-corrected chi connectivity index (χ1v) is 5.39. The number of hydrogen-bond acceptors (Lipinski definition) is 3. The summed E-state index contributed by atoms with van der Waals surface area (Å²) >= 11 is 0. The predicted molar refractivity (Wildman–Crippen MR) is 60.6 cm³/mol. The van der Waals surface area contributed by atoms with Gasteiger partial charge in [0.05, 0.1) is 17.7 Å². The summed E-state index contributed by atoms with van der Waals surface area (Å²) < 4.78 is 0. The van der Waals surface area contributed by atoms with Gasteiger partial charge in [0.25, 0.3) is 0 Å². The summed E-state index contributed by atoms with van der Waals surface area (Å²) in [6.45, 7) is 0. The summed E-state index contributed by atoms with van der Waals surface area (Å²) in [7, 11) is 0. The molecule has 0 saturated carbocycles. The van der Waals surface area contributed by atoms with E-state index in [9.17, 15) is 9.90 Å². The van der Waals surface area contributed by atoms with Gasteiger partial charge in [-0.1, -0.05) is 18.6 Å². The number of aldehydes is 1. The Morgan fingerprint density at radius 1 is 1.31 bits per heavy atom. The van der Waals surface area contributed by atoms with Crippen molar-refractivity contribution in [2.24, 2.45) is 0 Å². The van der Waals surface area contributed by atoms with E-state index in [1.165, 1.54) is 0 Å². The lowest BCUT2D eigenvalue weighted by Crippen LogP contribution is -1.97. The second-order valence-corrected chi connectivity index (χ2v) is 3.70. The summed E-state index contributed by atoms with van der Waals surface area (Å²) in [6.07, 6.45) is 3.25. The summed E-state index contributed by atoms with van der Waals surface area (Å²) in [5.74, 6) is 0. The van der Waals surface area contributed by atoms with Crippen LogP contribution in [-0.2, 0) is 4.79 Å². The topological polar surface area (TPSA) is 61.1 Å². The molecule has 3 nitrogen and oxygen atoms in total. The molecule has 0 spiro atoms. The molecule has 1 aromatic rings. The highest BCUT2D eigenvalue weighted by Gasteiger charge is 2.06. The van der Waals surface area contributed by atoms with Crippen molar-refractivity contribution in [2.75, 3.05) is 0 Å². The molecule has 0 saturated heterocycles. The van der Waals surface area contributed by atoms with E-state index >= 15 is 0 Å². The fourth-order valence-corrected chi connectivity index (χ4v) is 1.51. The maximum Gasteiger partial charge on any atom is 0.119 e. The third-order valence-electron chi connectivity index (χ3n) is 2.47. The number of carbonyl (C=O) groups excluding carboxylic acids is 1. The van der Waals surface area contributed by atoms with Crippen molar-refractivity contribution in [1.82, 2.24) is 0 Å². The van der Waals surface area contributed by atoms with Crippen molar-refractivity contribution in [3.8, 4) is 6.07 Å². The molecule has 84 valence electrons. The number of nitriles is 1. The fraction of sp³-hybridized carbons (Fsp3) is 0.385. The number of nitrogens with zero attached hydrogens (tertiary/aromatic N) is 1. The maximum absolute atomic E-state index is 10.1. The zero-order valence-electron chi connectivity index (χ0n) is 9.10. The summed E-state index contributed by atoms with van der Waals surface area (Å²) in [5, 5.41) is 18.4. The van der Waals surface area contributed by atoms with Crippen LogP contribution in [0, 0.1) is 11.3 Å². The molecule has 0 aliphatic carbocycles. The quantitative estimate of drug-likeness (QED) is 0.587. The van der Waals surface area contributed by atoms with E-state index in [4.69, 9.17) is 5.26 Å². The molecule has 0 aliphatic heterocycles. The van der Waals surface area contributed by atoms with Crippen molar-refractivity contribution in [3.05, 3.63) is 35.4 Å². The number of rotatable bonds is 6. The smallest absolute Gasteiger partial charge is 0.119 e. The third-order valence-corrected chi connectivity index (χ3v) is 2.47. The molecule has 0 radical (unpaired) electrons. The van der Waals surface area contributed by atoms with Crippen LogP contribution < -0.4 is 0 Å². The van der Waals surface area contributed by atoms with Gasteiger partial charge in [-0.3, -0.25) is 0 Å². The van der Waals surface area contributed by atoms with Crippen LogP contribution in [0.25, 0.3) is 0 Å². The van der Waals surface area contributed by atoms with Gasteiger partial charge in [0, 0.05) is 6.42 Å². The van der Waals surface area contributed by atoms with Crippen molar-refractivity contribution in [3.63, 3.8) is 0 Å². The Balaban J connectivity index is 2.43. The average molecular weight is 217 g/mol. The number of aliphatic hydroxyl groups excluding tert-OH is 1. The van der Waals surface area contributed by atoms with Crippen LogP contribution in [-0.4, -0.2) is 11.4 Å². The fourth-order valence-electron chi connectivity index (χ4n) is 1.51. The predicted octanol–water partition coefficient (Wildman–Crippen LogP) is 2.35. The van der Waals surface area contributed by atoms with E-state index in [0.29, 0.717) is 18.4 Å². The summed E-state index contributed by atoms with van der Waals surface area (Å²) in [4.78, 5) is 10.1. The molecule has 16 heavy (non-hydrogen) atoms. The molecule has 0 aromatic heterocycles. The standard InChI is InChI=1S/C13H15NO2/c14-10-11-5-7-12(8-6-11)13(16)4-2-1-3-9-15/h5-9,13,16H,1-4H2. The van der Waals surface area contributed by atoms with Crippen molar-refractivity contribution in [2.45, 2.75) is 31.8 Å². The molecule has 0 bridgehead atoms. The van der Waals surface area contributed by atoms with Gasteiger partial charge in [-0.2, -0.15) is 5.26 Å². The second kappa shape index (κ2) is 6.76. The van der Waals surface area contributed by atoms with Crippen LogP contribution in [0.3, 0.4) is 0 Å². The SMILES string of the molecule is N#Cc1ccc(C(O)CCCCC=O)cc1. The van der Waals surface area contributed by atoms with Gasteiger partial charge in [0.1, 0.15) is 6.29 Å². The van der Waals surface area contributed by atoms with Gasteiger partial charge in [-0.05, 0) is 30.5 Å². The van der Waals surface area contributed by atoms with E-state index in [1.54, 1.807) is 24.3 Å². The molecular formula is C13H15NO2. The van der Waals surface area contributed by atoms with Gasteiger partial charge in [0.2, 0.25) is 0 Å². The highest BCUT2D eigenvalue weighted by molar-refractivity contribution is 5.48. The van der Waals surface area contributed by atoms with Gasteiger partial charge < -0.3 is 9.90 Å². The zero-order chi connectivity index (χ0) is 11.8. The highest BCUT2D eigenvalue weighted by atomic mass is 16.3. The first kappa shape index (κ1) is 12.4. The van der Waals surface area contributed by atoms with Crippen LogP contribution in [0.15, 0.2) is 24.3 Å². The van der Waals surface area contributed by atoms with E-state index < -0.39 is 6.10 Å². The molecule has 1 atom stereocenters. The van der Waals surface area contributed by atoms with Gasteiger partial charge in [0.15, 0.2) is 0 Å². The number of carbonyl (C=O) groups is 1. The summed E-state index contributed by atoms with van der Waals surface area (Å²) in [6, 6.07) is 8.96. The molecular weight excluding hydrogens is 202 g/mol. The minimum Gasteiger partial charge on any atom is -0.388 e. The van der Waals surface area contributed by atoms with Crippen molar-refractivity contribution >= 4 is 6.29 Å². The molecule has 0 amide bonds.